The second-order valence-electron chi connectivity index (χ2n) is 4.69. The van der Waals surface area contributed by atoms with Crippen molar-refractivity contribution in [1.82, 2.24) is 0 Å². The maximum atomic E-state index is 10.8. The molecule has 4 heteroatoms. The molecule has 0 spiro atoms. The van der Waals surface area contributed by atoms with Crippen molar-refractivity contribution in [1.29, 1.82) is 0 Å². The van der Waals surface area contributed by atoms with Gasteiger partial charge >= 0.3 is 0 Å². The molecule has 1 aromatic carbocycles. The normalized spacial score (nSPS) is 27.2. The molecule has 0 radical (unpaired) electrons. The lowest BCUT2D eigenvalue weighted by Crippen LogP contribution is -2.42. The van der Waals surface area contributed by atoms with E-state index in [4.69, 9.17) is 4.74 Å². The minimum absolute atomic E-state index is 0.387. The Morgan fingerprint density at radius 1 is 1.29 bits per heavy atom. The summed E-state index contributed by atoms with van der Waals surface area (Å²) >= 11 is 3.43. The molecule has 0 N–H and O–H groups in total. The number of carbonyl (C=O) groups is 1. The number of fused-ring (bicyclic) bond motifs is 2. The standard InChI is InChI=1S/C13H14BrNO2/c14-13-5-10(2-1-9(13)8-16)15-6-11-3-4-12(7-15)17-11/h1-2,5,8,11-12H,3-4,6-7H2. The predicted molar refractivity (Wildman–Crippen MR) is 69.6 cm³/mol. The van der Waals surface area contributed by atoms with Crippen LogP contribution in [0.5, 0.6) is 0 Å². The van der Waals surface area contributed by atoms with Gasteiger partial charge in [0.1, 0.15) is 0 Å². The highest BCUT2D eigenvalue weighted by Gasteiger charge is 2.33. The Hall–Kier alpha value is -0.870. The Labute approximate surface area is 109 Å². The number of nitrogens with zero attached hydrogens (tertiary/aromatic N) is 1. The summed E-state index contributed by atoms with van der Waals surface area (Å²) < 4.78 is 6.68. The van der Waals surface area contributed by atoms with Gasteiger partial charge in [-0.05, 0) is 47.0 Å². The van der Waals surface area contributed by atoms with Gasteiger partial charge in [-0.15, -0.1) is 0 Å². The van der Waals surface area contributed by atoms with Crippen molar-refractivity contribution in [3.05, 3.63) is 28.2 Å². The Bertz CT molecular complexity index is 437. The van der Waals surface area contributed by atoms with Gasteiger partial charge in [-0.3, -0.25) is 4.79 Å². The van der Waals surface area contributed by atoms with E-state index in [2.05, 4.69) is 20.8 Å². The fourth-order valence-electron chi connectivity index (χ4n) is 2.63. The number of halogens is 1. The molecule has 2 fully saturated rings. The lowest BCUT2D eigenvalue weighted by atomic mass is 10.2. The Kier molecular flexibility index (Phi) is 2.92. The van der Waals surface area contributed by atoms with E-state index in [1.807, 2.05) is 18.2 Å². The molecule has 2 aliphatic heterocycles. The maximum Gasteiger partial charge on any atom is 0.151 e. The van der Waals surface area contributed by atoms with Crippen molar-refractivity contribution in [2.24, 2.45) is 0 Å². The van der Waals surface area contributed by atoms with Gasteiger partial charge < -0.3 is 9.64 Å². The van der Waals surface area contributed by atoms with Crippen LogP contribution in [0.3, 0.4) is 0 Å². The zero-order valence-corrected chi connectivity index (χ0v) is 11.0. The topological polar surface area (TPSA) is 29.5 Å². The molecule has 2 heterocycles. The smallest absolute Gasteiger partial charge is 0.151 e. The number of hydrogen-bond acceptors (Lipinski definition) is 3. The minimum Gasteiger partial charge on any atom is -0.371 e. The van der Waals surface area contributed by atoms with Crippen LogP contribution in [0.4, 0.5) is 5.69 Å². The number of aldehydes is 1. The second-order valence-corrected chi connectivity index (χ2v) is 5.54. The number of ether oxygens (including phenoxy) is 1. The van der Waals surface area contributed by atoms with Crippen LogP contribution in [0.25, 0.3) is 0 Å². The van der Waals surface area contributed by atoms with E-state index in [9.17, 15) is 4.79 Å². The van der Waals surface area contributed by atoms with E-state index >= 15 is 0 Å². The first-order valence-corrected chi connectivity index (χ1v) is 6.70. The quantitative estimate of drug-likeness (QED) is 0.786. The SMILES string of the molecule is O=Cc1ccc(N2CC3CCC(C2)O3)cc1Br. The van der Waals surface area contributed by atoms with Gasteiger partial charge in [0, 0.05) is 28.8 Å². The van der Waals surface area contributed by atoms with Crippen molar-refractivity contribution >= 4 is 27.9 Å². The van der Waals surface area contributed by atoms with E-state index in [-0.39, 0.29) is 0 Å². The lowest BCUT2D eigenvalue weighted by molar-refractivity contribution is 0.0305. The highest BCUT2D eigenvalue weighted by molar-refractivity contribution is 9.10. The van der Waals surface area contributed by atoms with Gasteiger partial charge in [0.15, 0.2) is 6.29 Å². The number of carbonyl (C=O) groups excluding carboxylic acids is 1. The monoisotopic (exact) mass is 295 g/mol. The summed E-state index contributed by atoms with van der Waals surface area (Å²) in [6.07, 6.45) is 4.00. The van der Waals surface area contributed by atoms with E-state index in [0.717, 1.165) is 23.8 Å². The first-order valence-electron chi connectivity index (χ1n) is 5.91. The van der Waals surface area contributed by atoms with E-state index in [1.54, 1.807) is 0 Å². The molecule has 2 unspecified atom stereocenters. The summed E-state index contributed by atoms with van der Waals surface area (Å²) in [5, 5.41) is 0. The number of anilines is 1. The Morgan fingerprint density at radius 3 is 2.59 bits per heavy atom. The largest absolute Gasteiger partial charge is 0.371 e. The van der Waals surface area contributed by atoms with Gasteiger partial charge in [-0.2, -0.15) is 0 Å². The molecular weight excluding hydrogens is 282 g/mol. The zero-order valence-electron chi connectivity index (χ0n) is 9.43. The number of hydrogen-bond donors (Lipinski definition) is 0. The van der Waals surface area contributed by atoms with Crippen LogP contribution >= 0.6 is 15.9 Å². The highest BCUT2D eigenvalue weighted by atomic mass is 79.9. The van der Waals surface area contributed by atoms with E-state index in [0.29, 0.717) is 17.8 Å². The molecule has 3 rings (SSSR count). The summed E-state index contributed by atoms with van der Waals surface area (Å²) in [6.45, 7) is 1.92. The molecule has 1 aromatic rings. The molecule has 0 amide bonds. The summed E-state index contributed by atoms with van der Waals surface area (Å²) in [6, 6.07) is 5.90. The minimum atomic E-state index is 0.387. The fraction of sp³-hybridized carbons (Fsp3) is 0.462. The second kappa shape index (κ2) is 4.42. The summed E-state index contributed by atoms with van der Waals surface area (Å²) in [7, 11) is 0. The fourth-order valence-corrected chi connectivity index (χ4v) is 3.09. The first kappa shape index (κ1) is 11.2. The van der Waals surface area contributed by atoms with Crippen molar-refractivity contribution in [3.63, 3.8) is 0 Å². The third kappa shape index (κ3) is 2.11. The van der Waals surface area contributed by atoms with Crippen LogP contribution in [-0.2, 0) is 4.74 Å². The van der Waals surface area contributed by atoms with Crippen molar-refractivity contribution in [3.8, 4) is 0 Å². The predicted octanol–water partition coefficient (Wildman–Crippen LogP) is 2.63. The average Bonchev–Trinajstić information content (AvgIpc) is 2.68. The average molecular weight is 296 g/mol. The lowest BCUT2D eigenvalue weighted by Gasteiger charge is -2.34. The van der Waals surface area contributed by atoms with Gasteiger partial charge in [0.05, 0.1) is 12.2 Å². The highest BCUT2D eigenvalue weighted by Crippen LogP contribution is 2.31. The number of morpholine rings is 1. The zero-order chi connectivity index (χ0) is 11.8. The molecule has 0 aliphatic carbocycles. The maximum absolute atomic E-state index is 10.8. The van der Waals surface area contributed by atoms with E-state index < -0.39 is 0 Å². The third-order valence-corrected chi connectivity index (χ3v) is 4.21. The summed E-state index contributed by atoms with van der Waals surface area (Å²) in [5.74, 6) is 0. The van der Waals surface area contributed by atoms with Gasteiger partial charge in [0.2, 0.25) is 0 Å². The molecule has 90 valence electrons. The first-order chi connectivity index (χ1) is 8.26. The molecule has 2 saturated heterocycles. The van der Waals surface area contributed by atoms with Gasteiger partial charge in [-0.25, -0.2) is 0 Å². The molecular formula is C13H14BrNO2. The molecule has 2 bridgehead atoms. The van der Waals surface area contributed by atoms with Crippen molar-refractivity contribution in [2.75, 3.05) is 18.0 Å². The molecule has 17 heavy (non-hydrogen) atoms. The van der Waals surface area contributed by atoms with Crippen LogP contribution in [0.15, 0.2) is 22.7 Å². The number of rotatable bonds is 2. The van der Waals surface area contributed by atoms with E-state index in [1.165, 1.54) is 18.5 Å². The van der Waals surface area contributed by atoms with Gasteiger partial charge in [-0.1, -0.05) is 0 Å². The van der Waals surface area contributed by atoms with Crippen LogP contribution in [-0.4, -0.2) is 31.6 Å². The third-order valence-electron chi connectivity index (χ3n) is 3.52. The van der Waals surface area contributed by atoms with Crippen LogP contribution < -0.4 is 4.90 Å². The van der Waals surface area contributed by atoms with Crippen LogP contribution in [0.1, 0.15) is 23.2 Å². The van der Waals surface area contributed by atoms with Gasteiger partial charge in [0.25, 0.3) is 0 Å². The van der Waals surface area contributed by atoms with Crippen LogP contribution in [0, 0.1) is 0 Å². The van der Waals surface area contributed by atoms with Crippen molar-refractivity contribution in [2.45, 2.75) is 25.0 Å². The molecule has 2 aliphatic rings. The Morgan fingerprint density at radius 2 is 2.00 bits per heavy atom. The number of benzene rings is 1. The Balaban J connectivity index is 1.84. The molecule has 0 aromatic heterocycles. The van der Waals surface area contributed by atoms with Crippen molar-refractivity contribution < 1.29 is 9.53 Å². The van der Waals surface area contributed by atoms with Crippen LogP contribution in [0.2, 0.25) is 0 Å². The molecule has 3 nitrogen and oxygen atoms in total. The molecule has 2 atom stereocenters. The summed E-state index contributed by atoms with van der Waals surface area (Å²) in [5.41, 5.74) is 1.87. The molecule has 0 saturated carbocycles. The summed E-state index contributed by atoms with van der Waals surface area (Å²) in [4.78, 5) is 13.1.